The predicted molar refractivity (Wildman–Crippen MR) is 269 cm³/mol. The second-order valence-corrected chi connectivity index (χ2v) is 24.7. The fraction of sp³-hybridized carbons (Fsp3) is 0.729. The van der Waals surface area contributed by atoms with Crippen molar-refractivity contribution in [2.75, 3.05) is 26.7 Å². The third-order valence-electron chi connectivity index (χ3n) is 11.3. The topological polar surface area (TPSA) is 381 Å². The standard InChI is InChI=1S/C48H77N7O21S/c1-44(2,3)73-40(60)49-23-30(56)37(59)51-27-21-28(53-42(62)75-46(7,8)9)35(32(57)34(27)72-39-33(58)36(48(13,64)24-69-39)54(14)43(63)76-47(10,11)12)71-38-26(52-41(61)74-45(4,5)6)20-19-25(70-38)22-50-77(67,68)31-18-16-15-17-29(31)55(65)66/h15-19,26-28,30,32-36,38-39,50,56-58,64H,20-24H2,1-14H3,(H,49,60)(H,51,59)(H,52,61)(H,53,62)/t26-,27-,28+,30+,32-,33-,34+,35-,36-,38-,39-,48+/m1/s1. The molecule has 2 fully saturated rings. The Balaban J connectivity index is 1.80. The summed E-state index contributed by atoms with van der Waals surface area (Å²) < 4.78 is 75.7. The molecule has 2 heterocycles. The van der Waals surface area contributed by atoms with Gasteiger partial charge >= 0.3 is 24.4 Å². The van der Waals surface area contributed by atoms with E-state index in [1.807, 2.05) is 0 Å². The van der Waals surface area contributed by atoms with Crippen molar-refractivity contribution in [1.29, 1.82) is 0 Å². The summed E-state index contributed by atoms with van der Waals surface area (Å²) in [5.41, 5.74) is -6.72. The first-order valence-electron chi connectivity index (χ1n) is 24.7. The van der Waals surface area contributed by atoms with Crippen LogP contribution in [0.5, 0.6) is 0 Å². The van der Waals surface area contributed by atoms with Gasteiger partial charge in [-0.1, -0.05) is 12.1 Å². The maximum Gasteiger partial charge on any atom is 0.410 e. The highest BCUT2D eigenvalue weighted by atomic mass is 32.2. The summed E-state index contributed by atoms with van der Waals surface area (Å²) in [5.74, 6) is -1.28. The average molecular weight is 1120 g/mol. The van der Waals surface area contributed by atoms with Gasteiger partial charge in [0, 0.05) is 13.1 Å². The minimum Gasteiger partial charge on any atom is -0.466 e. The van der Waals surface area contributed by atoms with Crippen molar-refractivity contribution >= 4 is 46.0 Å². The van der Waals surface area contributed by atoms with E-state index < -0.39 is 177 Å². The van der Waals surface area contributed by atoms with E-state index in [4.69, 9.17) is 37.9 Å². The molecule has 1 aromatic carbocycles. The van der Waals surface area contributed by atoms with Gasteiger partial charge in [-0.3, -0.25) is 14.9 Å². The maximum atomic E-state index is 13.8. The molecule has 0 bridgehead atoms. The summed E-state index contributed by atoms with van der Waals surface area (Å²) in [5, 5.41) is 68.9. The molecule has 0 radical (unpaired) electrons. The number of alkyl carbamates (subject to hydrolysis) is 3. The Kier molecular flexibility index (Phi) is 20.7. The summed E-state index contributed by atoms with van der Waals surface area (Å²) in [6, 6.07) is -1.06. The zero-order valence-electron chi connectivity index (χ0n) is 45.8. The van der Waals surface area contributed by atoms with E-state index in [9.17, 15) is 62.9 Å². The Morgan fingerprint density at radius 3 is 1.84 bits per heavy atom. The van der Waals surface area contributed by atoms with Crippen molar-refractivity contribution in [2.24, 2.45) is 0 Å². The first-order valence-corrected chi connectivity index (χ1v) is 26.1. The lowest BCUT2D eigenvalue weighted by Gasteiger charge is -2.50. The number of carbonyl (C=O) groups excluding carboxylic acids is 5. The van der Waals surface area contributed by atoms with E-state index >= 15 is 0 Å². The smallest absolute Gasteiger partial charge is 0.410 e. The number of sulfonamides is 1. The third kappa shape index (κ3) is 19.0. The molecule has 12 atom stereocenters. The molecule has 0 aromatic heterocycles. The number of nitro benzene ring substituents is 1. The Bertz CT molecular complexity index is 2410. The minimum absolute atomic E-state index is 0.140. The fourth-order valence-electron chi connectivity index (χ4n) is 8.19. The highest BCUT2D eigenvalue weighted by molar-refractivity contribution is 7.89. The number of carbonyl (C=O) groups is 5. The number of amides is 5. The number of likely N-dealkylation sites (N-methyl/N-ethyl adjacent to an activating group) is 1. The molecule has 2 aliphatic heterocycles. The molecule has 28 nitrogen and oxygen atoms in total. The maximum absolute atomic E-state index is 13.8. The first kappa shape index (κ1) is 63.9. The number of nitrogens with zero attached hydrogens (tertiary/aromatic N) is 2. The van der Waals surface area contributed by atoms with Crippen LogP contribution in [0.15, 0.2) is 41.0 Å². The van der Waals surface area contributed by atoms with Crippen LogP contribution in [0.25, 0.3) is 0 Å². The minimum atomic E-state index is -4.59. The van der Waals surface area contributed by atoms with E-state index in [0.717, 1.165) is 17.0 Å². The Morgan fingerprint density at radius 2 is 1.30 bits per heavy atom. The fourth-order valence-corrected chi connectivity index (χ4v) is 9.35. The van der Waals surface area contributed by atoms with Crippen molar-refractivity contribution < 1.29 is 95.6 Å². The second kappa shape index (κ2) is 25.0. The lowest BCUT2D eigenvalue weighted by atomic mass is 9.82. The van der Waals surface area contributed by atoms with Crippen LogP contribution in [0.4, 0.5) is 24.9 Å². The molecule has 1 aliphatic carbocycles. The van der Waals surface area contributed by atoms with Gasteiger partial charge in [0.15, 0.2) is 11.2 Å². The van der Waals surface area contributed by atoms with Crippen LogP contribution in [-0.2, 0) is 52.7 Å². The zero-order valence-corrected chi connectivity index (χ0v) is 46.6. The normalized spacial score (nSPS) is 27.5. The Labute approximate surface area is 447 Å². The van der Waals surface area contributed by atoms with Gasteiger partial charge in [-0.05, 0) is 115 Å². The van der Waals surface area contributed by atoms with Crippen LogP contribution in [-0.4, -0.2) is 191 Å². The van der Waals surface area contributed by atoms with Gasteiger partial charge in [0.2, 0.25) is 16.3 Å². The van der Waals surface area contributed by atoms with E-state index in [1.165, 1.54) is 32.2 Å². The molecule has 1 saturated carbocycles. The molecule has 9 N–H and O–H groups in total. The largest absolute Gasteiger partial charge is 0.466 e. The van der Waals surface area contributed by atoms with Gasteiger partial charge < -0.3 is 84.5 Å². The van der Waals surface area contributed by atoms with E-state index in [1.54, 1.807) is 83.1 Å². The molecule has 29 heteroatoms. The van der Waals surface area contributed by atoms with Crippen molar-refractivity contribution in [3.63, 3.8) is 0 Å². The number of aliphatic hydroxyl groups excluding tert-OH is 3. The van der Waals surface area contributed by atoms with E-state index in [0.29, 0.717) is 0 Å². The number of nitro groups is 1. The Morgan fingerprint density at radius 1 is 0.792 bits per heavy atom. The quantitative estimate of drug-likeness (QED) is 0.0648. The number of rotatable bonds is 16. The summed E-state index contributed by atoms with van der Waals surface area (Å²) in [6.07, 6.45) is -16.3. The molecular formula is C48H77N7O21S. The summed E-state index contributed by atoms with van der Waals surface area (Å²) in [4.78, 5) is 77.7. The molecule has 0 unspecified atom stereocenters. The number of para-hydroxylation sites is 1. The second-order valence-electron chi connectivity index (χ2n) is 23.0. The lowest BCUT2D eigenvalue weighted by molar-refractivity contribution is -0.387. The summed E-state index contributed by atoms with van der Waals surface area (Å²) >= 11 is 0. The van der Waals surface area contributed by atoms with Crippen LogP contribution in [0, 0.1) is 10.1 Å². The molecule has 5 amide bonds. The molecule has 1 aromatic rings. The molecule has 77 heavy (non-hydrogen) atoms. The SMILES string of the molecule is CN(C(=O)OC(C)(C)C)[C@@H]1[C@@H](O)[C@@H](O[C@@H]2[C@@H](O)[C@H](O[C@H]3OC(CNS(=O)(=O)c4ccccc4[N+](=O)[O-])=CC[C@H]3NC(=O)OC(C)(C)C)[C@@H](NC(=O)OC(C)(C)C)C[C@H]2NC(=O)[C@@H](O)CNC(=O)OC(C)(C)C)OC[C@]1(C)O. The Hall–Kier alpha value is -5.66. The van der Waals surface area contributed by atoms with Crippen LogP contribution in [0.2, 0.25) is 0 Å². The van der Waals surface area contributed by atoms with Gasteiger partial charge in [-0.15, -0.1) is 0 Å². The highest BCUT2D eigenvalue weighted by Gasteiger charge is 2.55. The van der Waals surface area contributed by atoms with Gasteiger partial charge in [0.05, 0.1) is 48.8 Å². The van der Waals surface area contributed by atoms with Crippen molar-refractivity contribution in [2.45, 2.75) is 203 Å². The number of nitrogens with one attached hydrogen (secondary N) is 5. The number of benzene rings is 1. The molecule has 4 rings (SSSR count). The first-order chi connectivity index (χ1) is 35.2. The zero-order chi connectivity index (χ0) is 58.4. The lowest BCUT2D eigenvalue weighted by Crippen LogP contribution is -2.71. The van der Waals surface area contributed by atoms with E-state index in [-0.39, 0.29) is 12.2 Å². The number of hydrogen-bond acceptors (Lipinski definition) is 21. The van der Waals surface area contributed by atoms with Crippen LogP contribution in [0.3, 0.4) is 0 Å². The number of ether oxygens (including phenoxy) is 8. The molecular weight excluding hydrogens is 1040 g/mol. The molecule has 3 aliphatic rings. The third-order valence-corrected chi connectivity index (χ3v) is 12.7. The van der Waals surface area contributed by atoms with Crippen LogP contribution in [0.1, 0.15) is 103 Å². The number of aliphatic hydroxyl groups is 4. The highest BCUT2D eigenvalue weighted by Crippen LogP contribution is 2.35. The molecule has 0 spiro atoms. The molecule has 436 valence electrons. The summed E-state index contributed by atoms with van der Waals surface area (Å²) in [7, 11) is -3.33. The van der Waals surface area contributed by atoms with Crippen molar-refractivity contribution in [3.05, 3.63) is 46.2 Å². The average Bonchev–Trinajstić information content (AvgIpc) is 3.26. The van der Waals surface area contributed by atoms with E-state index in [2.05, 4.69) is 26.0 Å². The van der Waals surface area contributed by atoms with Crippen molar-refractivity contribution in [3.8, 4) is 0 Å². The van der Waals surface area contributed by atoms with Gasteiger partial charge in [-0.2, -0.15) is 0 Å². The molecule has 1 saturated heterocycles. The van der Waals surface area contributed by atoms with Crippen molar-refractivity contribution in [1.82, 2.24) is 30.9 Å². The van der Waals surface area contributed by atoms with Gasteiger partial charge in [0.25, 0.3) is 11.6 Å². The van der Waals surface area contributed by atoms with Crippen LogP contribution < -0.4 is 26.0 Å². The predicted octanol–water partition coefficient (Wildman–Crippen LogP) is 1.90. The van der Waals surface area contributed by atoms with Gasteiger partial charge in [0.1, 0.15) is 64.3 Å². The number of hydrogen-bond donors (Lipinski definition) is 9. The monoisotopic (exact) mass is 1120 g/mol. The summed E-state index contributed by atoms with van der Waals surface area (Å²) in [6.45, 7) is 18.5. The van der Waals surface area contributed by atoms with Crippen LogP contribution >= 0.6 is 0 Å². The van der Waals surface area contributed by atoms with Gasteiger partial charge in [-0.25, -0.2) is 32.3 Å².